The van der Waals surface area contributed by atoms with E-state index in [0.717, 1.165) is 10.9 Å². The van der Waals surface area contributed by atoms with Gasteiger partial charge >= 0.3 is 0 Å². The quantitative estimate of drug-likeness (QED) is 0.758. The smallest absolute Gasteiger partial charge is 0.0616 e. The molecule has 1 N–H and O–H groups in total. The van der Waals surface area contributed by atoms with Gasteiger partial charge in [-0.2, -0.15) is 0 Å². The zero-order valence-electron chi connectivity index (χ0n) is 6.00. The minimum absolute atomic E-state index is 0.0869. The van der Waals surface area contributed by atoms with Gasteiger partial charge in [0.25, 0.3) is 0 Å². The first-order valence-corrected chi connectivity index (χ1v) is 4.50. The molecule has 58 valence electrons. The molecule has 11 heavy (non-hydrogen) atoms. The first-order chi connectivity index (χ1) is 5.27. The number of rotatable bonds is 1. The highest BCUT2D eigenvalue weighted by Crippen LogP contribution is 2.40. The highest BCUT2D eigenvalue weighted by molar-refractivity contribution is 9.10. The molecule has 0 amide bonds. The fraction of sp³-hybridized carbons (Fsp3) is 0.333. The largest absolute Gasteiger partial charge is 0.392 e. The van der Waals surface area contributed by atoms with Crippen LogP contribution in [-0.2, 0) is 0 Å². The summed E-state index contributed by atoms with van der Waals surface area (Å²) in [6.45, 7) is 0. The Balaban J connectivity index is 2.21. The number of aliphatic hydroxyl groups excluding tert-OH is 1. The zero-order valence-corrected chi connectivity index (χ0v) is 7.58. The van der Waals surface area contributed by atoms with Gasteiger partial charge in [-0.1, -0.05) is 28.1 Å². The number of aliphatic hydroxyl groups is 1. The van der Waals surface area contributed by atoms with Crippen molar-refractivity contribution in [2.45, 2.75) is 18.4 Å². The molecule has 0 radical (unpaired) electrons. The van der Waals surface area contributed by atoms with Gasteiger partial charge in [-0.05, 0) is 24.1 Å². The van der Waals surface area contributed by atoms with Crippen molar-refractivity contribution in [3.8, 4) is 0 Å². The summed E-state index contributed by atoms with van der Waals surface area (Å²) in [6.07, 6.45) is 0.845. The average Bonchev–Trinajstić information content (AvgIpc) is 2.69. The summed E-state index contributed by atoms with van der Waals surface area (Å²) in [4.78, 5) is 0. The van der Waals surface area contributed by atoms with Gasteiger partial charge in [0.1, 0.15) is 0 Å². The minimum Gasteiger partial charge on any atom is -0.392 e. The molecule has 1 aromatic rings. The van der Waals surface area contributed by atoms with Crippen LogP contribution in [0.25, 0.3) is 0 Å². The summed E-state index contributed by atoms with van der Waals surface area (Å²) >= 11 is 3.37. The van der Waals surface area contributed by atoms with Crippen molar-refractivity contribution in [3.05, 3.63) is 34.3 Å². The van der Waals surface area contributed by atoms with Crippen molar-refractivity contribution < 1.29 is 5.11 Å². The van der Waals surface area contributed by atoms with E-state index in [0.29, 0.717) is 5.92 Å². The molecular formula is C9H9BrO. The highest BCUT2D eigenvalue weighted by atomic mass is 79.9. The van der Waals surface area contributed by atoms with Crippen molar-refractivity contribution in [3.63, 3.8) is 0 Å². The Morgan fingerprint density at radius 2 is 1.82 bits per heavy atom. The lowest BCUT2D eigenvalue weighted by atomic mass is 10.1. The van der Waals surface area contributed by atoms with Gasteiger partial charge in [0.2, 0.25) is 0 Å². The van der Waals surface area contributed by atoms with Crippen molar-refractivity contribution in [2.75, 3.05) is 0 Å². The molecule has 2 atom stereocenters. The Morgan fingerprint density at radius 1 is 1.27 bits per heavy atom. The van der Waals surface area contributed by atoms with Crippen LogP contribution in [0.2, 0.25) is 0 Å². The summed E-state index contributed by atoms with van der Waals surface area (Å²) in [5.74, 6) is 0.406. The molecule has 0 saturated heterocycles. The van der Waals surface area contributed by atoms with E-state index in [4.69, 9.17) is 5.11 Å². The molecule has 2 rings (SSSR count). The van der Waals surface area contributed by atoms with E-state index >= 15 is 0 Å². The van der Waals surface area contributed by atoms with Crippen LogP contribution >= 0.6 is 15.9 Å². The fourth-order valence-corrected chi connectivity index (χ4v) is 1.51. The maximum Gasteiger partial charge on any atom is 0.0616 e. The molecule has 0 bridgehead atoms. The number of benzene rings is 1. The fourth-order valence-electron chi connectivity index (χ4n) is 1.25. The Hall–Kier alpha value is -0.340. The second-order valence-electron chi connectivity index (χ2n) is 2.96. The Bertz CT molecular complexity index is 255. The molecule has 0 aliphatic heterocycles. The molecular weight excluding hydrogens is 204 g/mol. The van der Waals surface area contributed by atoms with Gasteiger partial charge in [0, 0.05) is 10.4 Å². The third-order valence-corrected chi connectivity index (χ3v) is 2.58. The predicted octanol–water partition coefficient (Wildman–Crippen LogP) is 2.30. The molecule has 0 aromatic heterocycles. The predicted molar refractivity (Wildman–Crippen MR) is 47.5 cm³/mol. The van der Waals surface area contributed by atoms with Crippen LogP contribution in [0.3, 0.4) is 0 Å². The van der Waals surface area contributed by atoms with Crippen LogP contribution in [0.4, 0.5) is 0 Å². The van der Waals surface area contributed by atoms with Gasteiger partial charge < -0.3 is 5.11 Å². The maximum absolute atomic E-state index is 9.14. The van der Waals surface area contributed by atoms with E-state index in [1.807, 2.05) is 12.1 Å². The van der Waals surface area contributed by atoms with E-state index < -0.39 is 0 Å². The van der Waals surface area contributed by atoms with Gasteiger partial charge in [-0.15, -0.1) is 0 Å². The molecule has 1 saturated carbocycles. The first-order valence-electron chi connectivity index (χ1n) is 3.71. The number of halogens is 1. The van der Waals surface area contributed by atoms with Crippen LogP contribution in [-0.4, -0.2) is 11.2 Å². The van der Waals surface area contributed by atoms with Gasteiger partial charge in [0.15, 0.2) is 0 Å². The lowest BCUT2D eigenvalue weighted by Gasteiger charge is -1.96. The van der Waals surface area contributed by atoms with E-state index in [9.17, 15) is 0 Å². The summed E-state index contributed by atoms with van der Waals surface area (Å²) in [5, 5.41) is 9.14. The van der Waals surface area contributed by atoms with E-state index in [1.54, 1.807) is 0 Å². The molecule has 2 heteroatoms. The van der Waals surface area contributed by atoms with Crippen LogP contribution in [0, 0.1) is 0 Å². The standard InChI is InChI=1S/C9H9BrO/c10-7-3-1-6(2-4-7)8-5-9(8)11/h1-4,8-9,11H,5H2/t8?,9-/m1/s1. The SMILES string of the molecule is O[C@@H]1CC1c1ccc(Br)cc1. The summed E-state index contributed by atoms with van der Waals surface area (Å²) in [6, 6.07) is 8.15. The molecule has 1 nitrogen and oxygen atoms in total. The number of hydrogen-bond donors (Lipinski definition) is 1. The van der Waals surface area contributed by atoms with Gasteiger partial charge in [0.05, 0.1) is 6.10 Å². The third-order valence-electron chi connectivity index (χ3n) is 2.05. The van der Waals surface area contributed by atoms with Crippen LogP contribution in [0.15, 0.2) is 28.7 Å². The normalized spacial score (nSPS) is 28.5. The molecule has 1 fully saturated rings. The van der Waals surface area contributed by atoms with Crippen molar-refractivity contribution >= 4 is 15.9 Å². The monoisotopic (exact) mass is 212 g/mol. The molecule has 1 unspecified atom stereocenters. The second kappa shape index (κ2) is 2.61. The van der Waals surface area contributed by atoms with Crippen LogP contribution in [0.1, 0.15) is 17.9 Å². The van der Waals surface area contributed by atoms with Gasteiger partial charge in [-0.25, -0.2) is 0 Å². The van der Waals surface area contributed by atoms with Gasteiger partial charge in [-0.3, -0.25) is 0 Å². The van der Waals surface area contributed by atoms with E-state index in [1.165, 1.54) is 5.56 Å². The molecule has 0 spiro atoms. The lowest BCUT2D eigenvalue weighted by molar-refractivity contribution is 0.272. The highest BCUT2D eigenvalue weighted by Gasteiger charge is 2.36. The van der Waals surface area contributed by atoms with Crippen molar-refractivity contribution in [2.24, 2.45) is 0 Å². The minimum atomic E-state index is -0.0869. The Labute approximate surface area is 74.2 Å². The second-order valence-corrected chi connectivity index (χ2v) is 3.88. The van der Waals surface area contributed by atoms with Crippen LogP contribution < -0.4 is 0 Å². The Morgan fingerprint density at radius 3 is 2.27 bits per heavy atom. The Kier molecular flexibility index (Phi) is 1.74. The molecule has 1 aliphatic rings. The lowest BCUT2D eigenvalue weighted by Crippen LogP contribution is -1.84. The van der Waals surface area contributed by atoms with Crippen LogP contribution in [0.5, 0.6) is 0 Å². The summed E-state index contributed by atoms with van der Waals surface area (Å²) < 4.78 is 1.09. The molecule has 1 aromatic carbocycles. The van der Waals surface area contributed by atoms with Crippen molar-refractivity contribution in [1.82, 2.24) is 0 Å². The first kappa shape index (κ1) is 7.32. The zero-order chi connectivity index (χ0) is 7.84. The van der Waals surface area contributed by atoms with Crippen molar-refractivity contribution in [1.29, 1.82) is 0 Å². The molecule has 0 heterocycles. The maximum atomic E-state index is 9.14. The summed E-state index contributed by atoms with van der Waals surface area (Å²) in [5.41, 5.74) is 1.25. The average molecular weight is 213 g/mol. The van der Waals surface area contributed by atoms with E-state index in [2.05, 4.69) is 28.1 Å². The molecule has 1 aliphatic carbocycles. The van der Waals surface area contributed by atoms with E-state index in [-0.39, 0.29) is 6.10 Å². The topological polar surface area (TPSA) is 20.2 Å². The number of hydrogen-bond acceptors (Lipinski definition) is 1. The third kappa shape index (κ3) is 1.47. The summed E-state index contributed by atoms with van der Waals surface area (Å²) in [7, 11) is 0.